The molecule has 11 nitrogen and oxygen atoms in total. The van der Waals surface area contributed by atoms with Crippen molar-refractivity contribution in [2.75, 3.05) is 19.0 Å². The lowest BCUT2D eigenvalue weighted by Gasteiger charge is -2.31. The number of anilines is 1. The Bertz CT molecular complexity index is 1550. The number of ether oxygens (including phenoxy) is 2. The number of carbonyl (C=O) groups excluding carboxylic acids is 4. The Morgan fingerprint density at radius 1 is 1.10 bits per heavy atom. The Hall–Kier alpha value is -4.10. The van der Waals surface area contributed by atoms with Crippen LogP contribution in [-0.2, 0) is 25.7 Å². The van der Waals surface area contributed by atoms with Crippen molar-refractivity contribution in [3.05, 3.63) is 68.1 Å². The van der Waals surface area contributed by atoms with Gasteiger partial charge in [0, 0.05) is 16.5 Å². The number of phenols is 1. The average molecular weight is 570 g/mol. The highest BCUT2D eigenvalue weighted by atomic mass is 32.2. The molecule has 2 unspecified atom stereocenters. The number of benzene rings is 2. The van der Waals surface area contributed by atoms with Crippen LogP contribution in [0.1, 0.15) is 33.6 Å². The molecule has 39 heavy (non-hydrogen) atoms. The standard InChI is InChI=1S/C26H23N3O8S2/c1-3-37-25(34)12-4-7-14(8-5-12)27-17(31)11-29-24-21(39-26(29)35)18(13-6-9-15(30)16(10-13)36-2)19-20(38-24)23(33)28-22(19)32/h4-10,18-20,30H,3,11H2,1-2H3,(H,27,31)(H,28,32,33)/t18-,19?,20?/m0/s1. The summed E-state index contributed by atoms with van der Waals surface area (Å²) in [5.41, 5.74) is 1.35. The highest BCUT2D eigenvalue weighted by Gasteiger charge is 2.53. The van der Waals surface area contributed by atoms with E-state index in [0.717, 1.165) is 23.1 Å². The second kappa shape index (κ2) is 10.6. The summed E-state index contributed by atoms with van der Waals surface area (Å²) in [5.74, 6) is -3.21. The van der Waals surface area contributed by atoms with Gasteiger partial charge in [0.2, 0.25) is 17.7 Å². The number of nitrogens with one attached hydrogen (secondary N) is 2. The van der Waals surface area contributed by atoms with E-state index >= 15 is 0 Å². The third-order valence-electron chi connectivity index (χ3n) is 6.43. The third-order valence-corrected chi connectivity index (χ3v) is 9.05. The molecule has 0 bridgehead atoms. The average Bonchev–Trinajstić information content (AvgIpc) is 3.38. The molecular formula is C26H23N3O8S2. The summed E-state index contributed by atoms with van der Waals surface area (Å²) in [4.78, 5) is 63.5. The third kappa shape index (κ3) is 4.90. The van der Waals surface area contributed by atoms with Gasteiger partial charge in [-0.15, -0.1) is 0 Å². The van der Waals surface area contributed by atoms with Gasteiger partial charge in [-0.05, 0) is 48.9 Å². The number of carbonyl (C=O) groups is 4. The lowest BCUT2D eigenvalue weighted by molar-refractivity contribution is -0.126. The molecule has 2 aromatic carbocycles. The molecule has 2 aliphatic rings. The van der Waals surface area contributed by atoms with Crippen LogP contribution in [0.15, 0.2) is 52.3 Å². The zero-order valence-corrected chi connectivity index (χ0v) is 22.4. The van der Waals surface area contributed by atoms with E-state index in [0.29, 0.717) is 26.7 Å². The van der Waals surface area contributed by atoms with Crippen LogP contribution in [0.25, 0.3) is 0 Å². The number of aromatic nitrogens is 1. The van der Waals surface area contributed by atoms with E-state index in [2.05, 4.69) is 10.6 Å². The molecule has 3 amide bonds. The van der Waals surface area contributed by atoms with Crippen LogP contribution in [0.2, 0.25) is 0 Å². The summed E-state index contributed by atoms with van der Waals surface area (Å²) in [6, 6.07) is 10.8. The summed E-state index contributed by atoms with van der Waals surface area (Å²) < 4.78 is 11.5. The minimum absolute atomic E-state index is 0.0899. The number of thiazole rings is 1. The number of phenolic OH excluding ortho intramolecular Hbond substituents is 1. The Kier molecular flexibility index (Phi) is 7.19. The molecule has 202 valence electrons. The number of amides is 3. The maximum absolute atomic E-state index is 13.1. The van der Waals surface area contributed by atoms with Gasteiger partial charge in [0.15, 0.2) is 11.5 Å². The van der Waals surface area contributed by atoms with Gasteiger partial charge >= 0.3 is 10.8 Å². The van der Waals surface area contributed by atoms with Crippen LogP contribution in [-0.4, -0.2) is 52.3 Å². The zero-order valence-electron chi connectivity index (χ0n) is 20.8. The molecular weight excluding hydrogens is 546 g/mol. The van der Waals surface area contributed by atoms with E-state index in [1.807, 2.05) is 0 Å². The number of thioether (sulfide) groups is 1. The normalized spacial score (nSPS) is 19.6. The number of esters is 1. The molecule has 1 saturated heterocycles. The monoisotopic (exact) mass is 569 g/mol. The quantitative estimate of drug-likeness (QED) is 0.287. The molecule has 0 radical (unpaired) electrons. The Morgan fingerprint density at radius 3 is 2.54 bits per heavy atom. The van der Waals surface area contributed by atoms with E-state index in [-0.39, 0.29) is 24.7 Å². The number of methoxy groups -OCH3 is 1. The van der Waals surface area contributed by atoms with E-state index in [4.69, 9.17) is 9.47 Å². The first-order chi connectivity index (χ1) is 18.7. The summed E-state index contributed by atoms with van der Waals surface area (Å²) in [6.45, 7) is 1.63. The number of hydrogen-bond donors (Lipinski definition) is 3. The predicted molar refractivity (Wildman–Crippen MR) is 142 cm³/mol. The Labute approximate surface area is 230 Å². The predicted octanol–water partition coefficient (Wildman–Crippen LogP) is 2.32. The van der Waals surface area contributed by atoms with Gasteiger partial charge in [0.1, 0.15) is 11.8 Å². The molecule has 2 aliphatic heterocycles. The SMILES string of the molecule is CCOC(=O)c1ccc(NC(=O)Cn2c3c(sc2=O)[C@@H](c2ccc(O)c(OC)c2)C2C(=O)NC(=O)C2S3)cc1. The summed E-state index contributed by atoms with van der Waals surface area (Å²) in [7, 11) is 1.40. The molecule has 13 heteroatoms. The van der Waals surface area contributed by atoms with Crippen LogP contribution in [0, 0.1) is 5.92 Å². The van der Waals surface area contributed by atoms with Gasteiger partial charge in [0.05, 0.1) is 30.2 Å². The summed E-state index contributed by atoms with van der Waals surface area (Å²) in [5, 5.41) is 14.8. The topological polar surface area (TPSA) is 153 Å². The van der Waals surface area contributed by atoms with Gasteiger partial charge in [-0.3, -0.25) is 29.1 Å². The van der Waals surface area contributed by atoms with Crippen LogP contribution < -0.4 is 20.2 Å². The summed E-state index contributed by atoms with van der Waals surface area (Å²) in [6.07, 6.45) is 0. The van der Waals surface area contributed by atoms with Crippen molar-refractivity contribution in [3.63, 3.8) is 0 Å². The second-order valence-electron chi connectivity index (χ2n) is 8.80. The Balaban J connectivity index is 1.45. The number of nitrogens with zero attached hydrogens (tertiary/aromatic N) is 1. The van der Waals surface area contributed by atoms with Crippen LogP contribution in [0.3, 0.4) is 0 Å². The van der Waals surface area contributed by atoms with Gasteiger partial charge in [-0.25, -0.2) is 4.79 Å². The molecule has 1 aromatic heterocycles. The molecule has 3 aromatic rings. The highest BCUT2D eigenvalue weighted by Crippen LogP contribution is 2.52. The van der Waals surface area contributed by atoms with Crippen molar-refractivity contribution in [1.29, 1.82) is 0 Å². The lowest BCUT2D eigenvalue weighted by Crippen LogP contribution is -2.32. The van der Waals surface area contributed by atoms with Crippen molar-refractivity contribution >= 4 is 52.5 Å². The van der Waals surface area contributed by atoms with E-state index in [9.17, 15) is 29.1 Å². The minimum Gasteiger partial charge on any atom is -0.504 e. The van der Waals surface area contributed by atoms with E-state index in [1.165, 1.54) is 29.9 Å². The smallest absolute Gasteiger partial charge is 0.338 e. The van der Waals surface area contributed by atoms with Gasteiger partial charge < -0.3 is 19.9 Å². The first-order valence-corrected chi connectivity index (χ1v) is 13.6. The number of fused-ring (bicyclic) bond motifs is 2. The van der Waals surface area contributed by atoms with Crippen molar-refractivity contribution in [2.24, 2.45) is 5.92 Å². The molecule has 0 aliphatic carbocycles. The largest absolute Gasteiger partial charge is 0.504 e. The highest BCUT2D eigenvalue weighted by molar-refractivity contribution is 8.00. The molecule has 1 fully saturated rings. The minimum atomic E-state index is -0.798. The second-order valence-corrected chi connectivity index (χ2v) is 10.9. The van der Waals surface area contributed by atoms with Crippen molar-refractivity contribution in [2.45, 2.75) is 29.7 Å². The zero-order chi connectivity index (χ0) is 27.8. The van der Waals surface area contributed by atoms with Crippen LogP contribution >= 0.6 is 23.1 Å². The number of hydrogen-bond acceptors (Lipinski definition) is 10. The molecule has 3 N–H and O–H groups in total. The molecule has 0 saturated carbocycles. The first-order valence-electron chi connectivity index (χ1n) is 11.9. The van der Waals surface area contributed by atoms with Crippen LogP contribution in [0.5, 0.6) is 11.5 Å². The fourth-order valence-electron chi connectivity index (χ4n) is 4.67. The van der Waals surface area contributed by atoms with Crippen LogP contribution in [0.4, 0.5) is 5.69 Å². The summed E-state index contributed by atoms with van der Waals surface area (Å²) >= 11 is 1.99. The first kappa shape index (κ1) is 26.5. The molecule has 3 atom stereocenters. The van der Waals surface area contributed by atoms with Gasteiger partial charge in [-0.2, -0.15) is 0 Å². The van der Waals surface area contributed by atoms with Crippen molar-refractivity contribution < 1.29 is 33.8 Å². The maximum atomic E-state index is 13.1. The van der Waals surface area contributed by atoms with Gasteiger partial charge in [-0.1, -0.05) is 29.2 Å². The van der Waals surface area contributed by atoms with Crippen molar-refractivity contribution in [1.82, 2.24) is 9.88 Å². The van der Waals surface area contributed by atoms with Crippen molar-refractivity contribution in [3.8, 4) is 11.5 Å². The molecule has 3 heterocycles. The fourth-order valence-corrected chi connectivity index (χ4v) is 7.41. The number of imide groups is 1. The maximum Gasteiger partial charge on any atom is 0.338 e. The number of rotatable bonds is 7. The van der Waals surface area contributed by atoms with E-state index in [1.54, 1.807) is 31.2 Å². The Morgan fingerprint density at radius 2 is 1.85 bits per heavy atom. The van der Waals surface area contributed by atoms with E-state index < -0.39 is 45.6 Å². The fraction of sp³-hybridized carbons (Fsp3) is 0.269. The molecule has 5 rings (SSSR count). The number of aromatic hydroxyl groups is 1. The van der Waals surface area contributed by atoms with Gasteiger partial charge in [0.25, 0.3) is 0 Å². The molecule has 0 spiro atoms. The lowest BCUT2D eigenvalue weighted by atomic mass is 9.83.